The van der Waals surface area contributed by atoms with Crippen LogP contribution in [0.2, 0.25) is 0 Å². The van der Waals surface area contributed by atoms with Gasteiger partial charge in [0, 0.05) is 25.0 Å². The van der Waals surface area contributed by atoms with Gasteiger partial charge in [0.2, 0.25) is 0 Å². The second kappa shape index (κ2) is 6.61. The van der Waals surface area contributed by atoms with E-state index < -0.39 is 0 Å². The van der Waals surface area contributed by atoms with Crippen LogP contribution < -0.4 is 16.0 Å². The van der Waals surface area contributed by atoms with Crippen LogP contribution in [0.1, 0.15) is 0 Å². The van der Waals surface area contributed by atoms with Crippen molar-refractivity contribution in [3.05, 3.63) is 42.5 Å². The molecule has 2 rings (SSSR count). The molecule has 5 nitrogen and oxygen atoms in total. The average molecular weight is 258 g/mol. The molecule has 0 atom stereocenters. The fourth-order valence-corrected chi connectivity index (χ4v) is 1.66. The first-order valence-electron chi connectivity index (χ1n) is 6.18. The van der Waals surface area contributed by atoms with Gasteiger partial charge in [-0.1, -0.05) is 6.07 Å². The molecule has 19 heavy (non-hydrogen) atoms. The summed E-state index contributed by atoms with van der Waals surface area (Å²) in [7, 11) is 1.84. The summed E-state index contributed by atoms with van der Waals surface area (Å²) in [5.41, 5.74) is 1.95. The van der Waals surface area contributed by atoms with Gasteiger partial charge in [-0.15, -0.1) is 0 Å². The van der Waals surface area contributed by atoms with E-state index in [-0.39, 0.29) is 6.61 Å². The monoisotopic (exact) mass is 258 g/mol. The van der Waals surface area contributed by atoms with Crippen LogP contribution >= 0.6 is 0 Å². The molecule has 0 spiro atoms. The van der Waals surface area contributed by atoms with Crippen molar-refractivity contribution in [2.45, 2.75) is 0 Å². The summed E-state index contributed by atoms with van der Waals surface area (Å²) in [6, 6.07) is 13.6. The zero-order valence-corrected chi connectivity index (χ0v) is 10.9. The molecule has 100 valence electrons. The highest BCUT2D eigenvalue weighted by Crippen LogP contribution is 2.18. The molecule has 0 aliphatic heterocycles. The molecule has 4 N–H and O–H groups in total. The minimum Gasteiger partial charge on any atom is -0.395 e. The van der Waals surface area contributed by atoms with Crippen LogP contribution in [0.15, 0.2) is 42.5 Å². The second-order valence-electron chi connectivity index (χ2n) is 4.01. The van der Waals surface area contributed by atoms with Crippen molar-refractivity contribution in [1.82, 2.24) is 4.98 Å². The van der Waals surface area contributed by atoms with Gasteiger partial charge in [0.15, 0.2) is 0 Å². The molecule has 0 bridgehead atoms. The first-order chi connectivity index (χ1) is 9.31. The van der Waals surface area contributed by atoms with E-state index in [1.165, 1.54) is 0 Å². The van der Waals surface area contributed by atoms with Crippen molar-refractivity contribution in [3.63, 3.8) is 0 Å². The lowest BCUT2D eigenvalue weighted by atomic mass is 10.2. The molecule has 0 unspecified atom stereocenters. The van der Waals surface area contributed by atoms with E-state index in [0.29, 0.717) is 6.54 Å². The molecule has 0 saturated carbocycles. The van der Waals surface area contributed by atoms with Crippen molar-refractivity contribution in [1.29, 1.82) is 0 Å². The zero-order chi connectivity index (χ0) is 13.5. The molecule has 1 heterocycles. The maximum absolute atomic E-state index is 8.74. The lowest BCUT2D eigenvalue weighted by molar-refractivity contribution is 0.311. The number of rotatable bonds is 6. The topological polar surface area (TPSA) is 69.2 Å². The summed E-state index contributed by atoms with van der Waals surface area (Å²) in [4.78, 5) is 4.39. The SMILES string of the molecule is CNc1cccc(Nc2ccc(NCCO)cc2)n1. The third-order valence-electron chi connectivity index (χ3n) is 2.60. The molecule has 0 radical (unpaired) electrons. The van der Waals surface area contributed by atoms with Gasteiger partial charge in [-0.05, 0) is 36.4 Å². The number of aliphatic hydroxyl groups is 1. The Morgan fingerprint density at radius 3 is 2.37 bits per heavy atom. The Morgan fingerprint density at radius 2 is 1.68 bits per heavy atom. The maximum Gasteiger partial charge on any atom is 0.132 e. The smallest absolute Gasteiger partial charge is 0.132 e. The van der Waals surface area contributed by atoms with E-state index in [2.05, 4.69) is 20.9 Å². The van der Waals surface area contributed by atoms with Crippen LogP contribution in [0.5, 0.6) is 0 Å². The summed E-state index contributed by atoms with van der Waals surface area (Å²) in [6.45, 7) is 0.680. The van der Waals surface area contributed by atoms with Crippen LogP contribution in [-0.4, -0.2) is 30.3 Å². The molecule has 1 aromatic carbocycles. The number of anilines is 4. The lowest BCUT2D eigenvalue weighted by Gasteiger charge is -2.09. The molecular weight excluding hydrogens is 240 g/mol. The minimum atomic E-state index is 0.126. The van der Waals surface area contributed by atoms with Crippen LogP contribution in [-0.2, 0) is 0 Å². The van der Waals surface area contributed by atoms with E-state index in [1.807, 2.05) is 49.5 Å². The van der Waals surface area contributed by atoms with Gasteiger partial charge in [0.05, 0.1) is 6.61 Å². The van der Waals surface area contributed by atoms with Crippen LogP contribution in [0.25, 0.3) is 0 Å². The highest BCUT2D eigenvalue weighted by Gasteiger charge is 1.98. The molecule has 0 aliphatic carbocycles. The van der Waals surface area contributed by atoms with E-state index in [9.17, 15) is 0 Å². The van der Waals surface area contributed by atoms with Crippen LogP contribution in [0.4, 0.5) is 23.0 Å². The number of benzene rings is 1. The molecule has 0 fully saturated rings. The number of hydrogen-bond acceptors (Lipinski definition) is 5. The normalized spacial score (nSPS) is 10.0. The van der Waals surface area contributed by atoms with Crippen molar-refractivity contribution in [3.8, 4) is 0 Å². The first kappa shape index (κ1) is 13.2. The molecule has 0 amide bonds. The summed E-state index contributed by atoms with van der Waals surface area (Å²) >= 11 is 0. The predicted molar refractivity (Wildman–Crippen MR) is 79.1 cm³/mol. The Morgan fingerprint density at radius 1 is 1.00 bits per heavy atom. The average Bonchev–Trinajstić information content (AvgIpc) is 2.47. The summed E-state index contributed by atoms with van der Waals surface area (Å²) in [5.74, 6) is 1.62. The Bertz CT molecular complexity index is 513. The van der Waals surface area contributed by atoms with Gasteiger partial charge in [0.25, 0.3) is 0 Å². The fourth-order valence-electron chi connectivity index (χ4n) is 1.66. The second-order valence-corrected chi connectivity index (χ2v) is 4.01. The van der Waals surface area contributed by atoms with Gasteiger partial charge < -0.3 is 21.1 Å². The Hall–Kier alpha value is -2.27. The third kappa shape index (κ3) is 3.86. The fraction of sp³-hybridized carbons (Fsp3) is 0.214. The number of hydrogen-bond donors (Lipinski definition) is 4. The van der Waals surface area contributed by atoms with E-state index in [4.69, 9.17) is 5.11 Å². The molecule has 2 aromatic rings. The Balaban J connectivity index is 2.02. The van der Waals surface area contributed by atoms with Crippen molar-refractivity contribution in [2.75, 3.05) is 36.1 Å². The molecule has 0 saturated heterocycles. The lowest BCUT2D eigenvalue weighted by Crippen LogP contribution is -2.05. The number of nitrogens with one attached hydrogen (secondary N) is 3. The molecular formula is C14H18N4O. The van der Waals surface area contributed by atoms with E-state index in [0.717, 1.165) is 23.0 Å². The minimum absolute atomic E-state index is 0.126. The number of aromatic nitrogens is 1. The van der Waals surface area contributed by atoms with Gasteiger partial charge in [-0.25, -0.2) is 4.98 Å². The van der Waals surface area contributed by atoms with Gasteiger partial charge in [-0.2, -0.15) is 0 Å². The van der Waals surface area contributed by atoms with Crippen molar-refractivity contribution >= 4 is 23.0 Å². The number of nitrogens with zero attached hydrogens (tertiary/aromatic N) is 1. The quantitative estimate of drug-likeness (QED) is 0.640. The van der Waals surface area contributed by atoms with Gasteiger partial charge in [-0.3, -0.25) is 0 Å². The standard InChI is InChI=1S/C14H18N4O/c1-15-13-3-2-4-14(18-13)17-12-7-5-11(6-8-12)16-9-10-19/h2-8,16,19H,9-10H2,1H3,(H2,15,17,18). The van der Waals surface area contributed by atoms with Gasteiger partial charge in [0.1, 0.15) is 11.6 Å². The number of pyridine rings is 1. The summed E-state index contributed by atoms with van der Waals surface area (Å²) < 4.78 is 0. The Kier molecular flexibility index (Phi) is 4.58. The van der Waals surface area contributed by atoms with Gasteiger partial charge >= 0.3 is 0 Å². The third-order valence-corrected chi connectivity index (χ3v) is 2.60. The highest BCUT2D eigenvalue weighted by atomic mass is 16.3. The van der Waals surface area contributed by atoms with E-state index >= 15 is 0 Å². The largest absolute Gasteiger partial charge is 0.395 e. The molecule has 1 aromatic heterocycles. The zero-order valence-electron chi connectivity index (χ0n) is 10.9. The maximum atomic E-state index is 8.74. The number of aliphatic hydroxyl groups excluding tert-OH is 1. The predicted octanol–water partition coefficient (Wildman–Crippen LogP) is 2.27. The van der Waals surface area contributed by atoms with Crippen molar-refractivity contribution in [2.24, 2.45) is 0 Å². The van der Waals surface area contributed by atoms with E-state index in [1.54, 1.807) is 0 Å². The van der Waals surface area contributed by atoms with Crippen LogP contribution in [0.3, 0.4) is 0 Å². The summed E-state index contributed by atoms with van der Waals surface area (Å²) in [5, 5.41) is 18.1. The van der Waals surface area contributed by atoms with Crippen molar-refractivity contribution < 1.29 is 5.11 Å². The first-order valence-corrected chi connectivity index (χ1v) is 6.18. The molecule has 0 aliphatic rings. The van der Waals surface area contributed by atoms with Crippen LogP contribution in [0, 0.1) is 0 Å². The highest BCUT2D eigenvalue weighted by molar-refractivity contribution is 5.61. The molecule has 5 heteroatoms. The Labute approximate surface area is 112 Å². The summed E-state index contributed by atoms with van der Waals surface area (Å²) in [6.07, 6.45) is 0.